The molecule has 0 aliphatic heterocycles. The standard InChI is InChI=1S/C15H6Br2ClNO4/c16-8-1-7-2-11(15(21)23-13(7)12(17)3-8)14(20)22-10-4-9(18)5-19-6-10/h1-6H. The zero-order valence-corrected chi connectivity index (χ0v) is 15.1. The van der Waals surface area contributed by atoms with Gasteiger partial charge >= 0.3 is 11.6 Å². The van der Waals surface area contributed by atoms with Crippen molar-refractivity contribution in [1.82, 2.24) is 4.98 Å². The first kappa shape index (κ1) is 16.2. The van der Waals surface area contributed by atoms with Gasteiger partial charge in [0.05, 0.1) is 15.7 Å². The van der Waals surface area contributed by atoms with Crippen LogP contribution in [0.2, 0.25) is 5.02 Å². The Morgan fingerprint density at radius 3 is 2.70 bits per heavy atom. The van der Waals surface area contributed by atoms with Crippen molar-refractivity contribution in [2.75, 3.05) is 0 Å². The number of pyridine rings is 1. The molecule has 1 aromatic carbocycles. The van der Waals surface area contributed by atoms with E-state index in [1.807, 2.05) is 0 Å². The Bertz CT molecular complexity index is 987. The molecule has 0 aliphatic carbocycles. The first-order chi connectivity index (χ1) is 10.9. The second kappa shape index (κ2) is 6.43. The summed E-state index contributed by atoms with van der Waals surface area (Å²) >= 11 is 12.4. The van der Waals surface area contributed by atoms with E-state index < -0.39 is 11.6 Å². The minimum absolute atomic E-state index is 0.136. The molecule has 2 heterocycles. The quantitative estimate of drug-likeness (QED) is 0.414. The fraction of sp³-hybridized carbons (Fsp3) is 0. The van der Waals surface area contributed by atoms with E-state index in [4.69, 9.17) is 20.8 Å². The number of halogens is 3. The molecule has 5 nitrogen and oxygen atoms in total. The summed E-state index contributed by atoms with van der Waals surface area (Å²) in [5, 5.41) is 0.885. The van der Waals surface area contributed by atoms with Crippen LogP contribution in [0.4, 0.5) is 0 Å². The van der Waals surface area contributed by atoms with E-state index in [9.17, 15) is 9.59 Å². The van der Waals surface area contributed by atoms with Crippen molar-refractivity contribution < 1.29 is 13.9 Å². The summed E-state index contributed by atoms with van der Waals surface area (Å²) in [5.74, 6) is -0.710. The second-order valence-electron chi connectivity index (χ2n) is 4.48. The highest BCUT2D eigenvalue weighted by Crippen LogP contribution is 2.28. The summed E-state index contributed by atoms with van der Waals surface area (Å²) in [4.78, 5) is 28.0. The molecule has 116 valence electrons. The Labute approximate surface area is 151 Å². The summed E-state index contributed by atoms with van der Waals surface area (Å²) in [6.07, 6.45) is 2.72. The molecule has 8 heteroatoms. The average molecular weight is 459 g/mol. The van der Waals surface area contributed by atoms with Gasteiger partial charge in [-0.15, -0.1) is 0 Å². The van der Waals surface area contributed by atoms with Gasteiger partial charge in [-0.2, -0.15) is 0 Å². The Hall–Kier alpha value is -1.70. The molecule has 3 aromatic rings. The van der Waals surface area contributed by atoms with E-state index in [2.05, 4.69) is 36.8 Å². The van der Waals surface area contributed by atoms with Crippen LogP contribution in [0.5, 0.6) is 5.75 Å². The van der Waals surface area contributed by atoms with Crippen molar-refractivity contribution in [2.24, 2.45) is 0 Å². The molecule has 0 saturated carbocycles. The van der Waals surface area contributed by atoms with E-state index in [1.165, 1.54) is 24.5 Å². The highest BCUT2D eigenvalue weighted by atomic mass is 79.9. The van der Waals surface area contributed by atoms with Crippen LogP contribution in [-0.2, 0) is 0 Å². The number of nitrogens with zero attached hydrogens (tertiary/aromatic N) is 1. The molecule has 0 unspecified atom stereocenters. The lowest BCUT2D eigenvalue weighted by molar-refractivity contribution is 0.0730. The Morgan fingerprint density at radius 2 is 1.96 bits per heavy atom. The average Bonchev–Trinajstić information content (AvgIpc) is 2.47. The predicted molar refractivity (Wildman–Crippen MR) is 92.1 cm³/mol. The van der Waals surface area contributed by atoms with E-state index in [-0.39, 0.29) is 11.3 Å². The molecule has 3 rings (SSSR count). The van der Waals surface area contributed by atoms with Crippen LogP contribution in [0.25, 0.3) is 11.0 Å². The number of rotatable bonds is 2. The van der Waals surface area contributed by atoms with Crippen molar-refractivity contribution in [1.29, 1.82) is 0 Å². The number of hydrogen-bond donors (Lipinski definition) is 0. The van der Waals surface area contributed by atoms with Crippen molar-refractivity contribution in [2.45, 2.75) is 0 Å². The van der Waals surface area contributed by atoms with Gasteiger partial charge in [0.25, 0.3) is 0 Å². The largest absolute Gasteiger partial charge is 0.421 e. The third-order valence-corrected chi connectivity index (χ3v) is 4.12. The lowest BCUT2D eigenvalue weighted by Gasteiger charge is -2.05. The fourth-order valence-corrected chi connectivity index (χ4v) is 3.41. The molecule has 0 amide bonds. The summed E-state index contributed by atoms with van der Waals surface area (Å²) in [6.45, 7) is 0. The lowest BCUT2D eigenvalue weighted by atomic mass is 10.2. The molecule has 0 aliphatic rings. The van der Waals surface area contributed by atoms with Gasteiger partial charge in [0, 0.05) is 22.1 Å². The summed E-state index contributed by atoms with van der Waals surface area (Å²) in [6, 6.07) is 6.29. The minimum atomic E-state index is -0.846. The van der Waals surface area contributed by atoms with Gasteiger partial charge < -0.3 is 9.15 Å². The molecule has 0 bridgehead atoms. The van der Waals surface area contributed by atoms with Crippen LogP contribution >= 0.6 is 43.5 Å². The Morgan fingerprint density at radius 1 is 1.17 bits per heavy atom. The van der Waals surface area contributed by atoms with Gasteiger partial charge in [-0.1, -0.05) is 27.5 Å². The fourth-order valence-electron chi connectivity index (χ4n) is 1.91. The van der Waals surface area contributed by atoms with Crippen LogP contribution in [-0.4, -0.2) is 11.0 Å². The summed E-state index contributed by atoms with van der Waals surface area (Å²) in [7, 11) is 0. The highest BCUT2D eigenvalue weighted by Gasteiger charge is 2.17. The number of carbonyl (C=O) groups is 1. The number of fused-ring (bicyclic) bond motifs is 1. The van der Waals surface area contributed by atoms with E-state index in [0.717, 1.165) is 4.47 Å². The van der Waals surface area contributed by atoms with Crippen molar-refractivity contribution in [3.05, 3.63) is 66.6 Å². The van der Waals surface area contributed by atoms with Gasteiger partial charge in [0.1, 0.15) is 5.56 Å². The maximum absolute atomic E-state index is 12.2. The normalized spacial score (nSPS) is 10.7. The topological polar surface area (TPSA) is 69.4 Å². The number of carbonyl (C=O) groups excluding carboxylic acids is 1. The lowest BCUT2D eigenvalue weighted by Crippen LogP contribution is -2.18. The van der Waals surface area contributed by atoms with Gasteiger partial charge in [-0.05, 0) is 34.1 Å². The smallest absolute Gasteiger partial charge is 0.351 e. The summed E-state index contributed by atoms with van der Waals surface area (Å²) < 4.78 is 11.7. The van der Waals surface area contributed by atoms with Gasteiger partial charge in [0.15, 0.2) is 11.3 Å². The molecule has 0 radical (unpaired) electrons. The van der Waals surface area contributed by atoms with Crippen LogP contribution in [0, 0.1) is 0 Å². The molecule has 0 spiro atoms. The van der Waals surface area contributed by atoms with Gasteiger partial charge in [0.2, 0.25) is 0 Å². The molecule has 0 fully saturated rings. The van der Waals surface area contributed by atoms with Crippen molar-refractivity contribution in [3.63, 3.8) is 0 Å². The number of aromatic nitrogens is 1. The maximum Gasteiger partial charge on any atom is 0.351 e. The van der Waals surface area contributed by atoms with Crippen LogP contribution in [0.3, 0.4) is 0 Å². The van der Waals surface area contributed by atoms with Crippen molar-refractivity contribution >= 4 is 60.4 Å². The third-order valence-electron chi connectivity index (χ3n) is 2.86. The number of benzene rings is 1. The molecular formula is C15H6Br2ClNO4. The highest BCUT2D eigenvalue weighted by molar-refractivity contribution is 9.11. The van der Waals surface area contributed by atoms with E-state index in [0.29, 0.717) is 20.5 Å². The molecule has 0 atom stereocenters. The third kappa shape index (κ3) is 3.46. The molecule has 2 aromatic heterocycles. The van der Waals surface area contributed by atoms with Crippen LogP contribution in [0.1, 0.15) is 10.4 Å². The number of ether oxygens (including phenoxy) is 1. The first-order valence-electron chi connectivity index (χ1n) is 6.19. The van der Waals surface area contributed by atoms with Crippen LogP contribution < -0.4 is 10.4 Å². The molecule has 0 N–H and O–H groups in total. The zero-order chi connectivity index (χ0) is 16.6. The van der Waals surface area contributed by atoms with E-state index >= 15 is 0 Å². The second-order valence-corrected chi connectivity index (χ2v) is 6.69. The van der Waals surface area contributed by atoms with Gasteiger partial charge in [-0.3, -0.25) is 4.98 Å². The molecule has 0 saturated heterocycles. The summed E-state index contributed by atoms with van der Waals surface area (Å²) in [5.41, 5.74) is -0.665. The molecule has 23 heavy (non-hydrogen) atoms. The van der Waals surface area contributed by atoms with E-state index in [1.54, 1.807) is 12.1 Å². The SMILES string of the molecule is O=C(Oc1cncc(Cl)c1)c1cc2cc(Br)cc(Br)c2oc1=O. The zero-order valence-electron chi connectivity index (χ0n) is 11.2. The minimum Gasteiger partial charge on any atom is -0.421 e. The van der Waals surface area contributed by atoms with Gasteiger partial charge in [-0.25, -0.2) is 9.59 Å². The maximum atomic E-state index is 12.2. The molecular weight excluding hydrogens is 453 g/mol. The number of esters is 1. The first-order valence-corrected chi connectivity index (χ1v) is 8.16. The monoisotopic (exact) mass is 457 g/mol. The number of hydrogen-bond acceptors (Lipinski definition) is 5. The van der Waals surface area contributed by atoms with Crippen LogP contribution in [0.15, 0.2) is 54.8 Å². The Balaban J connectivity index is 2.03. The Kier molecular flexibility index (Phi) is 4.52. The predicted octanol–water partition coefficient (Wildman–Crippen LogP) is 4.59. The van der Waals surface area contributed by atoms with Crippen molar-refractivity contribution in [3.8, 4) is 5.75 Å².